The number of benzene rings is 8. The summed E-state index contributed by atoms with van der Waals surface area (Å²) < 4.78 is 0. The fourth-order valence-corrected chi connectivity index (χ4v) is 9.20. The fourth-order valence-electron chi connectivity index (χ4n) is 9.20. The molecular weight excluding hydrogens is 703 g/mol. The molecule has 274 valence electrons. The third kappa shape index (κ3) is 5.58. The van der Waals surface area contributed by atoms with Crippen molar-refractivity contribution in [1.29, 1.82) is 0 Å². The van der Waals surface area contributed by atoms with Crippen molar-refractivity contribution in [3.05, 3.63) is 212 Å². The molecule has 0 saturated carbocycles. The number of anilines is 3. The van der Waals surface area contributed by atoms with Crippen LogP contribution in [0.4, 0.5) is 17.1 Å². The zero-order chi connectivity index (χ0) is 38.8. The van der Waals surface area contributed by atoms with Gasteiger partial charge in [0.05, 0.1) is 5.69 Å². The molecule has 2 heterocycles. The Morgan fingerprint density at radius 1 is 0.379 bits per heavy atom. The van der Waals surface area contributed by atoms with Gasteiger partial charge in [0, 0.05) is 58.1 Å². The zero-order valence-electron chi connectivity index (χ0n) is 32.4. The van der Waals surface area contributed by atoms with Crippen molar-refractivity contribution in [2.24, 2.45) is 0 Å². The van der Waals surface area contributed by atoms with Gasteiger partial charge in [0.1, 0.15) is 0 Å². The van der Waals surface area contributed by atoms with Crippen molar-refractivity contribution < 1.29 is 0 Å². The average molecular weight is 742 g/mol. The van der Waals surface area contributed by atoms with E-state index in [4.69, 9.17) is 0 Å². The van der Waals surface area contributed by atoms with E-state index in [1.165, 1.54) is 65.7 Å². The van der Waals surface area contributed by atoms with E-state index >= 15 is 0 Å². The Morgan fingerprint density at radius 3 is 1.64 bits per heavy atom. The first-order valence-electron chi connectivity index (χ1n) is 19.9. The highest BCUT2D eigenvalue weighted by Crippen LogP contribution is 2.50. The minimum Gasteiger partial charge on any atom is -0.310 e. The van der Waals surface area contributed by atoms with Crippen LogP contribution in [0.1, 0.15) is 25.0 Å². The van der Waals surface area contributed by atoms with Crippen molar-refractivity contribution in [2.75, 3.05) is 4.90 Å². The van der Waals surface area contributed by atoms with E-state index in [9.17, 15) is 0 Å². The summed E-state index contributed by atoms with van der Waals surface area (Å²) in [4.78, 5) is 11.3. The first-order valence-corrected chi connectivity index (χ1v) is 19.9. The molecule has 1 aliphatic rings. The lowest BCUT2D eigenvalue weighted by atomic mass is 9.81. The van der Waals surface area contributed by atoms with Crippen LogP contribution in [0, 0.1) is 0 Å². The minimum atomic E-state index is -0.0422. The van der Waals surface area contributed by atoms with Crippen LogP contribution < -0.4 is 4.90 Å². The molecule has 11 rings (SSSR count). The third-order valence-corrected chi connectivity index (χ3v) is 12.2. The Labute approximate surface area is 338 Å². The van der Waals surface area contributed by atoms with Gasteiger partial charge in [-0.15, -0.1) is 0 Å². The Hall–Kier alpha value is -7.36. The van der Waals surface area contributed by atoms with Gasteiger partial charge in [-0.25, -0.2) is 0 Å². The maximum absolute atomic E-state index is 4.46. The molecule has 58 heavy (non-hydrogen) atoms. The Morgan fingerprint density at radius 2 is 0.948 bits per heavy atom. The monoisotopic (exact) mass is 741 g/mol. The van der Waals surface area contributed by atoms with Crippen molar-refractivity contribution in [3.8, 4) is 44.5 Å². The summed E-state index contributed by atoms with van der Waals surface area (Å²) in [5.74, 6) is 0. The number of aromatic nitrogens is 2. The molecule has 0 spiro atoms. The highest BCUT2D eigenvalue weighted by molar-refractivity contribution is 6.15. The molecule has 1 aliphatic carbocycles. The molecule has 0 fully saturated rings. The summed E-state index contributed by atoms with van der Waals surface area (Å²) in [6.45, 7) is 4.73. The highest BCUT2D eigenvalue weighted by atomic mass is 15.1. The molecular formula is C55H39N3. The van der Waals surface area contributed by atoms with Crippen LogP contribution in [0.15, 0.2) is 201 Å². The largest absolute Gasteiger partial charge is 0.310 e. The summed E-state index contributed by atoms with van der Waals surface area (Å²) >= 11 is 0. The lowest BCUT2D eigenvalue weighted by Crippen LogP contribution is -2.15. The topological polar surface area (TPSA) is 29.0 Å². The summed E-state index contributed by atoms with van der Waals surface area (Å²) in [7, 11) is 0. The van der Waals surface area contributed by atoms with Gasteiger partial charge in [-0.3, -0.25) is 9.97 Å². The molecule has 2 aromatic heterocycles. The molecule has 0 aliphatic heterocycles. The number of fused-ring (bicyclic) bond motifs is 1. The van der Waals surface area contributed by atoms with Crippen molar-refractivity contribution in [2.45, 2.75) is 19.3 Å². The average Bonchev–Trinajstić information content (AvgIpc) is 3.53. The molecule has 10 aromatic rings. The second-order valence-electron chi connectivity index (χ2n) is 15.9. The normalized spacial score (nSPS) is 12.8. The number of nitrogens with zero attached hydrogens (tertiary/aromatic N) is 3. The Balaban J connectivity index is 0.991. The maximum Gasteiger partial charge on any atom is 0.0540 e. The standard InChI is InChI=1S/C55H39N3/c1-55(2)50-15-5-11-40-21-22-41-29-46(33-51(55)54(41)53(40)50)38-19-17-36(18-20-38)37-23-25-47(26-24-37)58(52-16-6-10-39-9-3-4-14-49(39)52)48-31-44(42-12-7-27-56-34-42)30-45(32-48)43-13-8-28-57-35-43/h3-35H,1-2H3. The van der Waals surface area contributed by atoms with Gasteiger partial charge >= 0.3 is 0 Å². The van der Waals surface area contributed by atoms with E-state index in [1.54, 1.807) is 0 Å². The van der Waals surface area contributed by atoms with Crippen LogP contribution in [0.3, 0.4) is 0 Å². The molecule has 0 bridgehead atoms. The van der Waals surface area contributed by atoms with E-state index in [-0.39, 0.29) is 5.41 Å². The van der Waals surface area contributed by atoms with E-state index in [1.807, 2.05) is 36.9 Å². The van der Waals surface area contributed by atoms with Gasteiger partial charge in [-0.2, -0.15) is 0 Å². The van der Waals surface area contributed by atoms with Crippen LogP contribution in [0.2, 0.25) is 0 Å². The molecule has 0 N–H and O–H groups in total. The quantitative estimate of drug-likeness (QED) is 0.152. The van der Waals surface area contributed by atoms with Crippen LogP contribution in [-0.2, 0) is 5.41 Å². The number of rotatable bonds is 7. The Bertz CT molecular complexity index is 3110. The van der Waals surface area contributed by atoms with Crippen LogP contribution in [0.5, 0.6) is 0 Å². The fraction of sp³-hybridized carbons (Fsp3) is 0.0545. The highest BCUT2D eigenvalue weighted by Gasteiger charge is 2.34. The number of hydrogen-bond donors (Lipinski definition) is 0. The van der Waals surface area contributed by atoms with Crippen molar-refractivity contribution in [3.63, 3.8) is 0 Å². The summed E-state index contributed by atoms with van der Waals surface area (Å²) in [5.41, 5.74) is 15.2. The molecule has 0 atom stereocenters. The van der Waals surface area contributed by atoms with Crippen molar-refractivity contribution >= 4 is 49.4 Å². The van der Waals surface area contributed by atoms with E-state index in [2.05, 4.69) is 193 Å². The SMILES string of the molecule is CC1(C)c2cccc3ccc4cc(-c5ccc(-c6ccc(N(c7cc(-c8cccnc8)cc(-c8cccnc8)c7)c7cccc8ccccc78)cc6)cc5)cc1c4c23. The molecule has 3 heteroatoms. The van der Waals surface area contributed by atoms with Gasteiger partial charge in [0.25, 0.3) is 0 Å². The predicted octanol–water partition coefficient (Wildman–Crippen LogP) is 14.7. The smallest absolute Gasteiger partial charge is 0.0540 e. The second-order valence-corrected chi connectivity index (χ2v) is 15.9. The zero-order valence-corrected chi connectivity index (χ0v) is 32.4. The summed E-state index contributed by atoms with van der Waals surface area (Å²) in [5, 5.41) is 7.84. The van der Waals surface area contributed by atoms with Crippen LogP contribution in [0.25, 0.3) is 76.8 Å². The number of hydrogen-bond acceptors (Lipinski definition) is 3. The first kappa shape index (κ1) is 33.9. The third-order valence-electron chi connectivity index (χ3n) is 12.2. The molecule has 8 aromatic carbocycles. The molecule has 0 saturated heterocycles. The van der Waals surface area contributed by atoms with Gasteiger partial charge in [0.15, 0.2) is 0 Å². The second kappa shape index (κ2) is 13.4. The van der Waals surface area contributed by atoms with E-state index < -0.39 is 0 Å². The van der Waals surface area contributed by atoms with Gasteiger partial charge in [-0.05, 0) is 132 Å². The Kier molecular flexibility index (Phi) is 7.84. The van der Waals surface area contributed by atoms with Crippen LogP contribution >= 0.6 is 0 Å². The van der Waals surface area contributed by atoms with E-state index in [0.29, 0.717) is 0 Å². The minimum absolute atomic E-state index is 0.0422. The maximum atomic E-state index is 4.46. The van der Waals surface area contributed by atoms with Gasteiger partial charge < -0.3 is 4.90 Å². The first-order chi connectivity index (χ1) is 28.5. The number of pyridine rings is 2. The van der Waals surface area contributed by atoms with Gasteiger partial charge in [-0.1, -0.05) is 129 Å². The van der Waals surface area contributed by atoms with Gasteiger partial charge in [0.2, 0.25) is 0 Å². The summed E-state index contributed by atoms with van der Waals surface area (Å²) in [6.07, 6.45) is 7.50. The summed E-state index contributed by atoms with van der Waals surface area (Å²) in [6, 6.07) is 64.3. The molecule has 3 nitrogen and oxygen atoms in total. The molecule has 0 radical (unpaired) electrons. The molecule has 0 unspecified atom stereocenters. The molecule has 0 amide bonds. The predicted molar refractivity (Wildman–Crippen MR) is 243 cm³/mol. The van der Waals surface area contributed by atoms with E-state index in [0.717, 1.165) is 39.3 Å². The lowest BCUT2D eigenvalue weighted by molar-refractivity contribution is 0.663. The lowest BCUT2D eigenvalue weighted by Gasteiger charge is -2.28. The van der Waals surface area contributed by atoms with Crippen LogP contribution in [-0.4, -0.2) is 9.97 Å². The van der Waals surface area contributed by atoms with Crippen molar-refractivity contribution in [1.82, 2.24) is 9.97 Å².